The van der Waals surface area contributed by atoms with Crippen LogP contribution in [0.1, 0.15) is 5.56 Å². The summed E-state index contributed by atoms with van der Waals surface area (Å²) >= 11 is 0. The van der Waals surface area contributed by atoms with Gasteiger partial charge in [0, 0.05) is 5.92 Å². The third-order valence-electron chi connectivity index (χ3n) is 4.24. The van der Waals surface area contributed by atoms with Crippen molar-refractivity contribution in [3.63, 3.8) is 0 Å². The van der Waals surface area contributed by atoms with Gasteiger partial charge in [-0.15, -0.1) is 0 Å². The molecule has 0 saturated heterocycles. The van der Waals surface area contributed by atoms with Crippen LogP contribution in [0.2, 0.25) is 0 Å². The van der Waals surface area contributed by atoms with Crippen molar-refractivity contribution in [1.82, 2.24) is 0 Å². The molecule has 3 aliphatic rings. The Labute approximate surface area is 96.0 Å². The van der Waals surface area contributed by atoms with Crippen LogP contribution in [0.3, 0.4) is 0 Å². The molecule has 78 valence electrons. The molecule has 0 amide bonds. The maximum Gasteiger partial charge on any atom is 0.00667 e. The Morgan fingerprint density at radius 1 is 0.750 bits per heavy atom. The predicted molar refractivity (Wildman–Crippen MR) is 66.7 cm³/mol. The normalized spacial score (nSPS) is 37.9. The van der Waals surface area contributed by atoms with E-state index in [-0.39, 0.29) is 0 Å². The van der Waals surface area contributed by atoms with Crippen LogP contribution in [0.25, 0.3) is 5.57 Å². The van der Waals surface area contributed by atoms with E-state index in [4.69, 9.17) is 0 Å². The van der Waals surface area contributed by atoms with Gasteiger partial charge in [-0.25, -0.2) is 0 Å². The summed E-state index contributed by atoms with van der Waals surface area (Å²) < 4.78 is 0. The third-order valence-corrected chi connectivity index (χ3v) is 4.24. The van der Waals surface area contributed by atoms with Crippen molar-refractivity contribution in [2.45, 2.75) is 0 Å². The highest BCUT2D eigenvalue weighted by Crippen LogP contribution is 2.53. The molecule has 0 heteroatoms. The summed E-state index contributed by atoms with van der Waals surface area (Å²) in [5.41, 5.74) is 2.94. The molecule has 4 atom stereocenters. The zero-order chi connectivity index (χ0) is 10.5. The van der Waals surface area contributed by atoms with Crippen LogP contribution in [0, 0.1) is 23.7 Å². The molecule has 1 aromatic carbocycles. The minimum Gasteiger partial charge on any atom is -0.0807 e. The van der Waals surface area contributed by atoms with Crippen molar-refractivity contribution in [2.75, 3.05) is 0 Å². The van der Waals surface area contributed by atoms with Crippen molar-refractivity contribution < 1.29 is 0 Å². The van der Waals surface area contributed by atoms with E-state index in [9.17, 15) is 0 Å². The van der Waals surface area contributed by atoms with Gasteiger partial charge >= 0.3 is 0 Å². The fourth-order valence-corrected chi connectivity index (χ4v) is 3.53. The molecule has 0 aromatic heterocycles. The molecule has 0 fully saturated rings. The van der Waals surface area contributed by atoms with E-state index in [0.717, 1.165) is 5.92 Å². The second-order valence-electron chi connectivity index (χ2n) is 5.02. The predicted octanol–water partition coefficient (Wildman–Crippen LogP) is 3.69. The van der Waals surface area contributed by atoms with Gasteiger partial charge in [-0.3, -0.25) is 0 Å². The van der Waals surface area contributed by atoms with Crippen LogP contribution >= 0.6 is 0 Å². The first-order valence-corrected chi connectivity index (χ1v) is 6.07. The molecule has 0 unspecified atom stereocenters. The lowest BCUT2D eigenvalue weighted by molar-refractivity contribution is 0.423. The largest absolute Gasteiger partial charge is 0.0807 e. The lowest BCUT2D eigenvalue weighted by Gasteiger charge is -2.17. The van der Waals surface area contributed by atoms with Crippen LogP contribution < -0.4 is 0 Å². The van der Waals surface area contributed by atoms with Gasteiger partial charge in [0.2, 0.25) is 0 Å². The molecule has 0 aliphatic heterocycles. The first kappa shape index (κ1) is 8.58. The highest BCUT2D eigenvalue weighted by Gasteiger charge is 2.44. The summed E-state index contributed by atoms with van der Waals surface area (Å²) in [5.74, 6) is 2.84. The van der Waals surface area contributed by atoms with Crippen molar-refractivity contribution in [3.05, 3.63) is 66.3 Å². The Morgan fingerprint density at radius 2 is 1.50 bits per heavy atom. The Kier molecular flexibility index (Phi) is 1.59. The molecule has 0 bridgehead atoms. The number of hydrogen-bond donors (Lipinski definition) is 0. The molecule has 0 radical (unpaired) electrons. The van der Waals surface area contributed by atoms with Crippen LogP contribution in [-0.4, -0.2) is 0 Å². The first-order valence-electron chi connectivity index (χ1n) is 6.07. The summed E-state index contributed by atoms with van der Waals surface area (Å²) in [6, 6.07) is 10.8. The molecule has 1 aromatic rings. The lowest BCUT2D eigenvalue weighted by Crippen LogP contribution is -2.12. The standard InChI is InChI=1S/C16H14/c1-2-4-11(5-3-1)15-10-13-7-6-12-8-9-14(15)16(12)13/h1-10,12-14,16H/t12-,13+,14-,16-/m0/s1. The van der Waals surface area contributed by atoms with Gasteiger partial charge in [0.05, 0.1) is 0 Å². The van der Waals surface area contributed by atoms with Crippen LogP contribution in [0.4, 0.5) is 0 Å². The van der Waals surface area contributed by atoms with E-state index in [0.29, 0.717) is 17.8 Å². The van der Waals surface area contributed by atoms with E-state index in [1.165, 1.54) is 5.56 Å². The topological polar surface area (TPSA) is 0 Å². The molecule has 0 N–H and O–H groups in total. The van der Waals surface area contributed by atoms with Gasteiger partial charge in [-0.1, -0.05) is 60.7 Å². The zero-order valence-corrected chi connectivity index (χ0v) is 9.08. The average Bonchev–Trinajstić information content (AvgIpc) is 2.99. The van der Waals surface area contributed by atoms with Crippen LogP contribution in [-0.2, 0) is 0 Å². The molecule has 0 spiro atoms. The lowest BCUT2D eigenvalue weighted by atomic mass is 9.85. The van der Waals surface area contributed by atoms with Crippen LogP contribution in [0.15, 0.2) is 60.7 Å². The molecular weight excluding hydrogens is 192 g/mol. The number of allylic oxidation sites excluding steroid dienone is 6. The maximum absolute atomic E-state index is 2.48. The Balaban J connectivity index is 1.82. The molecule has 0 nitrogen and oxygen atoms in total. The van der Waals surface area contributed by atoms with Gasteiger partial charge in [0.1, 0.15) is 0 Å². The first-order chi connectivity index (χ1) is 7.93. The zero-order valence-electron chi connectivity index (χ0n) is 9.08. The van der Waals surface area contributed by atoms with E-state index in [2.05, 4.69) is 60.7 Å². The second kappa shape index (κ2) is 2.98. The maximum atomic E-state index is 2.48. The monoisotopic (exact) mass is 206 g/mol. The van der Waals surface area contributed by atoms with Crippen molar-refractivity contribution in [3.8, 4) is 0 Å². The van der Waals surface area contributed by atoms with Gasteiger partial charge in [-0.2, -0.15) is 0 Å². The molecular formula is C16H14. The molecule has 16 heavy (non-hydrogen) atoms. The van der Waals surface area contributed by atoms with Crippen LogP contribution in [0.5, 0.6) is 0 Å². The smallest absolute Gasteiger partial charge is 0.00667 e. The molecule has 4 rings (SSSR count). The van der Waals surface area contributed by atoms with Gasteiger partial charge < -0.3 is 0 Å². The minimum atomic E-state index is 0.660. The molecule has 0 saturated carbocycles. The van der Waals surface area contributed by atoms with Crippen molar-refractivity contribution in [2.24, 2.45) is 23.7 Å². The summed E-state index contributed by atoms with van der Waals surface area (Å²) in [6.07, 6.45) is 12.1. The summed E-state index contributed by atoms with van der Waals surface area (Å²) in [6.45, 7) is 0. The Bertz CT molecular complexity index is 504. The second-order valence-corrected chi connectivity index (χ2v) is 5.02. The summed E-state index contributed by atoms with van der Waals surface area (Å²) in [5, 5.41) is 0. The fraction of sp³-hybridized carbons (Fsp3) is 0.250. The van der Waals surface area contributed by atoms with E-state index in [1.807, 2.05) is 0 Å². The third kappa shape index (κ3) is 0.996. The highest BCUT2D eigenvalue weighted by atomic mass is 14.5. The highest BCUT2D eigenvalue weighted by molar-refractivity contribution is 5.73. The van der Waals surface area contributed by atoms with Gasteiger partial charge in [0.15, 0.2) is 0 Å². The average molecular weight is 206 g/mol. The van der Waals surface area contributed by atoms with Crippen molar-refractivity contribution in [1.29, 1.82) is 0 Å². The SMILES string of the molecule is C1=C[C@@H]2C=C(c3ccccc3)[C@@H]3C=C[C@H]1[C@@H]23. The molecule has 3 aliphatic carbocycles. The van der Waals surface area contributed by atoms with E-state index in [1.54, 1.807) is 5.57 Å². The summed E-state index contributed by atoms with van der Waals surface area (Å²) in [7, 11) is 0. The quantitative estimate of drug-likeness (QED) is 0.615. The van der Waals surface area contributed by atoms with Gasteiger partial charge in [-0.05, 0) is 28.9 Å². The van der Waals surface area contributed by atoms with E-state index < -0.39 is 0 Å². The van der Waals surface area contributed by atoms with Crippen molar-refractivity contribution >= 4 is 5.57 Å². The fourth-order valence-electron chi connectivity index (χ4n) is 3.53. The summed E-state index contributed by atoms with van der Waals surface area (Å²) in [4.78, 5) is 0. The number of benzene rings is 1. The van der Waals surface area contributed by atoms with E-state index >= 15 is 0 Å². The Hall–Kier alpha value is -1.56. The number of hydrogen-bond acceptors (Lipinski definition) is 0. The number of rotatable bonds is 1. The van der Waals surface area contributed by atoms with Gasteiger partial charge in [0.25, 0.3) is 0 Å². The molecule has 0 heterocycles. The Morgan fingerprint density at radius 3 is 2.38 bits per heavy atom. The minimum absolute atomic E-state index is 0.660.